The predicted molar refractivity (Wildman–Crippen MR) is 66.6 cm³/mol. The molecular weight excluding hydrogens is 168 g/mol. The number of unbranched alkanes of at least 4 members (excludes halogenated alkanes) is 4. The summed E-state index contributed by atoms with van der Waals surface area (Å²) in [5, 5.41) is 0. The lowest BCUT2D eigenvalue weighted by Gasteiger charge is -2.19. The van der Waals surface area contributed by atoms with Crippen molar-refractivity contribution in [1.82, 2.24) is 0 Å². The van der Waals surface area contributed by atoms with E-state index in [2.05, 4.69) is 27.7 Å². The van der Waals surface area contributed by atoms with Gasteiger partial charge in [-0.25, -0.2) is 0 Å². The van der Waals surface area contributed by atoms with Crippen LogP contribution in [-0.4, -0.2) is 0 Å². The number of rotatable bonds is 9. The van der Waals surface area contributed by atoms with Crippen molar-refractivity contribution in [3.63, 3.8) is 0 Å². The third-order valence-electron chi connectivity index (χ3n) is 3.50. The zero-order valence-electron chi connectivity index (χ0n) is 10.8. The molecule has 0 aliphatic rings. The minimum absolute atomic E-state index is 0.943. The molecule has 2 atom stereocenters. The molecule has 0 aliphatic carbocycles. The van der Waals surface area contributed by atoms with Gasteiger partial charge in [0.1, 0.15) is 0 Å². The summed E-state index contributed by atoms with van der Waals surface area (Å²) in [6, 6.07) is 0. The molecule has 0 saturated heterocycles. The van der Waals surface area contributed by atoms with Crippen LogP contribution in [0.4, 0.5) is 0 Å². The van der Waals surface area contributed by atoms with E-state index >= 15 is 0 Å². The molecule has 0 aromatic rings. The fraction of sp³-hybridized carbons (Fsp3) is 1.00. The Kier molecular flexibility index (Phi) is 9.55. The van der Waals surface area contributed by atoms with Gasteiger partial charge in [-0.2, -0.15) is 0 Å². The lowest BCUT2D eigenvalue weighted by molar-refractivity contribution is 0.324. The molecule has 14 heavy (non-hydrogen) atoms. The SMILES string of the molecule is CCCCC[C@H](C)[C@@H](C)CCCCC. The topological polar surface area (TPSA) is 0 Å². The van der Waals surface area contributed by atoms with E-state index in [1.165, 1.54) is 51.4 Å². The summed E-state index contributed by atoms with van der Waals surface area (Å²) in [5.74, 6) is 1.89. The Morgan fingerprint density at radius 1 is 0.643 bits per heavy atom. The van der Waals surface area contributed by atoms with Gasteiger partial charge in [0, 0.05) is 0 Å². The van der Waals surface area contributed by atoms with Crippen molar-refractivity contribution in [2.24, 2.45) is 11.8 Å². The fourth-order valence-electron chi connectivity index (χ4n) is 2.00. The molecule has 0 N–H and O–H groups in total. The molecule has 0 fully saturated rings. The van der Waals surface area contributed by atoms with Crippen LogP contribution in [0.1, 0.15) is 79.1 Å². The van der Waals surface area contributed by atoms with Gasteiger partial charge >= 0.3 is 0 Å². The second-order valence-corrected chi connectivity index (χ2v) is 4.95. The minimum atomic E-state index is 0.943. The van der Waals surface area contributed by atoms with E-state index < -0.39 is 0 Å². The Bertz CT molecular complexity index is 92.6. The summed E-state index contributed by atoms with van der Waals surface area (Å²) in [4.78, 5) is 0. The van der Waals surface area contributed by atoms with E-state index in [0.29, 0.717) is 0 Å². The molecule has 0 unspecified atom stereocenters. The van der Waals surface area contributed by atoms with Crippen LogP contribution in [-0.2, 0) is 0 Å². The Hall–Kier alpha value is 0. The molecule has 0 heterocycles. The highest BCUT2D eigenvalue weighted by Gasteiger charge is 2.10. The van der Waals surface area contributed by atoms with Gasteiger partial charge in [-0.1, -0.05) is 79.1 Å². The van der Waals surface area contributed by atoms with Crippen LogP contribution in [0.15, 0.2) is 0 Å². The second kappa shape index (κ2) is 9.55. The predicted octanol–water partition coefficient (Wildman–Crippen LogP) is 5.42. The van der Waals surface area contributed by atoms with Crippen molar-refractivity contribution < 1.29 is 0 Å². The van der Waals surface area contributed by atoms with E-state index in [1.807, 2.05) is 0 Å². The van der Waals surface area contributed by atoms with Crippen LogP contribution in [0.3, 0.4) is 0 Å². The van der Waals surface area contributed by atoms with Gasteiger partial charge in [0.2, 0.25) is 0 Å². The van der Waals surface area contributed by atoms with Gasteiger partial charge in [-0.05, 0) is 11.8 Å². The highest BCUT2D eigenvalue weighted by Crippen LogP contribution is 2.23. The third-order valence-corrected chi connectivity index (χ3v) is 3.50. The first-order chi connectivity index (χ1) is 6.72. The molecule has 0 spiro atoms. The number of hydrogen-bond acceptors (Lipinski definition) is 0. The van der Waals surface area contributed by atoms with E-state index in [0.717, 1.165) is 11.8 Å². The standard InChI is InChI=1S/C14H30/c1-5-7-9-11-13(3)14(4)12-10-8-6-2/h13-14H,5-12H2,1-4H3/t13-,14-/m0/s1. The third kappa shape index (κ3) is 7.41. The first-order valence-corrected chi connectivity index (χ1v) is 6.72. The smallest absolute Gasteiger partial charge is 0.0417 e. The van der Waals surface area contributed by atoms with E-state index in [4.69, 9.17) is 0 Å². The summed E-state index contributed by atoms with van der Waals surface area (Å²) in [6.07, 6.45) is 11.3. The quantitative estimate of drug-likeness (QED) is 0.434. The van der Waals surface area contributed by atoms with Gasteiger partial charge in [0.05, 0.1) is 0 Å². The average Bonchev–Trinajstić information content (AvgIpc) is 2.18. The Morgan fingerprint density at radius 2 is 1.00 bits per heavy atom. The van der Waals surface area contributed by atoms with E-state index in [9.17, 15) is 0 Å². The molecule has 0 aromatic heterocycles. The minimum Gasteiger partial charge on any atom is -0.0654 e. The van der Waals surface area contributed by atoms with Crippen molar-refractivity contribution in [2.45, 2.75) is 79.1 Å². The zero-order chi connectivity index (χ0) is 10.8. The van der Waals surface area contributed by atoms with Crippen molar-refractivity contribution in [3.05, 3.63) is 0 Å². The molecule has 0 rings (SSSR count). The van der Waals surface area contributed by atoms with Crippen molar-refractivity contribution in [1.29, 1.82) is 0 Å². The van der Waals surface area contributed by atoms with Crippen LogP contribution in [0.5, 0.6) is 0 Å². The van der Waals surface area contributed by atoms with Crippen LogP contribution in [0.2, 0.25) is 0 Å². The van der Waals surface area contributed by atoms with Crippen molar-refractivity contribution in [3.8, 4) is 0 Å². The first-order valence-electron chi connectivity index (χ1n) is 6.72. The molecule has 0 saturated carbocycles. The first kappa shape index (κ1) is 14.0. The maximum atomic E-state index is 2.44. The van der Waals surface area contributed by atoms with Gasteiger partial charge in [-0.3, -0.25) is 0 Å². The Morgan fingerprint density at radius 3 is 1.29 bits per heavy atom. The van der Waals surface area contributed by atoms with Crippen LogP contribution in [0, 0.1) is 11.8 Å². The molecule has 86 valence electrons. The van der Waals surface area contributed by atoms with Crippen molar-refractivity contribution >= 4 is 0 Å². The highest BCUT2D eigenvalue weighted by molar-refractivity contribution is 4.62. The largest absolute Gasteiger partial charge is 0.0654 e. The zero-order valence-corrected chi connectivity index (χ0v) is 10.8. The monoisotopic (exact) mass is 198 g/mol. The van der Waals surface area contributed by atoms with Gasteiger partial charge in [0.15, 0.2) is 0 Å². The lowest BCUT2D eigenvalue weighted by Crippen LogP contribution is -2.07. The average molecular weight is 198 g/mol. The molecular formula is C14H30. The second-order valence-electron chi connectivity index (χ2n) is 4.95. The Labute approximate surface area is 91.5 Å². The normalized spacial score (nSPS) is 15.4. The van der Waals surface area contributed by atoms with Gasteiger partial charge < -0.3 is 0 Å². The van der Waals surface area contributed by atoms with Gasteiger partial charge in [0.25, 0.3) is 0 Å². The van der Waals surface area contributed by atoms with Crippen LogP contribution in [0.25, 0.3) is 0 Å². The molecule has 0 bridgehead atoms. The summed E-state index contributed by atoms with van der Waals surface area (Å²) in [5.41, 5.74) is 0. The molecule has 0 nitrogen and oxygen atoms in total. The highest BCUT2D eigenvalue weighted by atomic mass is 14.2. The summed E-state index contributed by atoms with van der Waals surface area (Å²) < 4.78 is 0. The molecule has 0 heteroatoms. The Balaban J connectivity index is 3.39. The van der Waals surface area contributed by atoms with E-state index in [1.54, 1.807) is 0 Å². The van der Waals surface area contributed by atoms with E-state index in [-0.39, 0.29) is 0 Å². The maximum Gasteiger partial charge on any atom is -0.0417 e. The summed E-state index contributed by atoms with van der Waals surface area (Å²) in [6.45, 7) is 9.45. The maximum absolute atomic E-state index is 2.44. The van der Waals surface area contributed by atoms with Crippen LogP contribution < -0.4 is 0 Å². The molecule has 0 aliphatic heterocycles. The fourth-order valence-corrected chi connectivity index (χ4v) is 2.00. The molecule has 0 radical (unpaired) electrons. The van der Waals surface area contributed by atoms with Crippen molar-refractivity contribution in [2.75, 3.05) is 0 Å². The molecule has 0 amide bonds. The van der Waals surface area contributed by atoms with Crippen LogP contribution >= 0.6 is 0 Å². The van der Waals surface area contributed by atoms with Gasteiger partial charge in [-0.15, -0.1) is 0 Å². The number of hydrogen-bond donors (Lipinski definition) is 0. The summed E-state index contributed by atoms with van der Waals surface area (Å²) in [7, 11) is 0. The summed E-state index contributed by atoms with van der Waals surface area (Å²) >= 11 is 0. The molecule has 0 aromatic carbocycles. The lowest BCUT2D eigenvalue weighted by atomic mass is 9.87.